The quantitative estimate of drug-likeness (QED) is 0.584. The van der Waals surface area contributed by atoms with Gasteiger partial charge in [-0.05, 0) is 43.5 Å². The first-order valence-corrected chi connectivity index (χ1v) is 9.20. The molecule has 0 unspecified atom stereocenters. The molecule has 2 fully saturated rings. The number of hydrogen-bond acceptors (Lipinski definition) is 4. The third kappa shape index (κ3) is 4.78. The smallest absolute Gasteiger partial charge is 0.251 e. The Bertz CT molecular complexity index is 712. The first-order valence-electron chi connectivity index (χ1n) is 9.20. The van der Waals surface area contributed by atoms with Gasteiger partial charge in [-0.3, -0.25) is 14.4 Å². The van der Waals surface area contributed by atoms with E-state index in [0.717, 1.165) is 32.4 Å². The maximum atomic E-state index is 13.0. The number of nitrogens with two attached hydrogens (primary N) is 1. The molecule has 0 radical (unpaired) electrons. The van der Waals surface area contributed by atoms with E-state index in [-0.39, 0.29) is 42.6 Å². The summed E-state index contributed by atoms with van der Waals surface area (Å²) >= 11 is 0. The van der Waals surface area contributed by atoms with Crippen LogP contribution in [0.3, 0.4) is 0 Å². The second-order valence-corrected chi connectivity index (χ2v) is 7.24. The zero-order valence-corrected chi connectivity index (χ0v) is 16.1. The van der Waals surface area contributed by atoms with Gasteiger partial charge in [0.1, 0.15) is 0 Å². The second kappa shape index (κ2) is 9.19. The topological polar surface area (TPSA) is 113 Å². The number of carbonyl (C=O) groups is 3. The van der Waals surface area contributed by atoms with Gasteiger partial charge in [0.2, 0.25) is 11.8 Å². The Balaban J connectivity index is 0.00000261. The number of halogens is 1. The van der Waals surface area contributed by atoms with Crippen molar-refractivity contribution in [1.29, 1.82) is 0 Å². The fraction of sp³-hybridized carbons (Fsp3) is 0.526. The highest BCUT2D eigenvalue weighted by Gasteiger charge is 2.49. The van der Waals surface area contributed by atoms with E-state index < -0.39 is 5.91 Å². The molecule has 1 saturated carbocycles. The molecule has 2 atom stereocenters. The zero-order chi connectivity index (χ0) is 18.6. The zero-order valence-electron chi connectivity index (χ0n) is 15.3. The molecule has 3 rings (SSSR count). The number of nitrogens with one attached hydrogen (secondary N) is 3. The minimum atomic E-state index is -0.460. The molecule has 1 aromatic carbocycles. The molecule has 7 nitrogen and oxygen atoms in total. The Labute approximate surface area is 165 Å². The van der Waals surface area contributed by atoms with Gasteiger partial charge in [-0.25, -0.2) is 0 Å². The summed E-state index contributed by atoms with van der Waals surface area (Å²) in [6, 6.07) is 6.86. The van der Waals surface area contributed by atoms with E-state index in [1.807, 2.05) is 0 Å². The lowest BCUT2D eigenvalue weighted by Gasteiger charge is -2.37. The molecule has 2 aliphatic rings. The van der Waals surface area contributed by atoms with Crippen LogP contribution in [-0.2, 0) is 9.59 Å². The summed E-state index contributed by atoms with van der Waals surface area (Å²) in [7, 11) is 0. The SMILES string of the molecule is Cl.NC(=O)CCNC(=O)c1cccc(NC(=O)[C@@]23CCCC[C@H]2CNC3)c1. The van der Waals surface area contributed by atoms with Crippen molar-refractivity contribution in [2.75, 3.05) is 25.0 Å². The Hall–Kier alpha value is -2.12. The van der Waals surface area contributed by atoms with E-state index in [9.17, 15) is 14.4 Å². The van der Waals surface area contributed by atoms with E-state index in [1.54, 1.807) is 24.3 Å². The van der Waals surface area contributed by atoms with Gasteiger partial charge in [-0.1, -0.05) is 18.9 Å². The van der Waals surface area contributed by atoms with Crippen LogP contribution in [0.2, 0.25) is 0 Å². The van der Waals surface area contributed by atoms with Crippen LogP contribution >= 0.6 is 12.4 Å². The Morgan fingerprint density at radius 1 is 1.26 bits per heavy atom. The minimum Gasteiger partial charge on any atom is -0.370 e. The summed E-state index contributed by atoms with van der Waals surface area (Å²) < 4.78 is 0. The average molecular weight is 395 g/mol. The lowest BCUT2D eigenvalue weighted by Crippen LogP contribution is -2.44. The van der Waals surface area contributed by atoms with Crippen molar-refractivity contribution in [3.05, 3.63) is 29.8 Å². The molecule has 3 amide bonds. The molecular weight excluding hydrogens is 368 g/mol. The molecule has 0 spiro atoms. The summed E-state index contributed by atoms with van der Waals surface area (Å²) in [6.07, 6.45) is 4.35. The third-order valence-corrected chi connectivity index (χ3v) is 5.53. The van der Waals surface area contributed by atoms with E-state index in [2.05, 4.69) is 16.0 Å². The standard InChI is InChI=1S/C19H26N4O3.ClH/c20-16(24)7-9-22-17(25)13-4-3-6-15(10-13)23-18(26)19-8-2-1-5-14(19)11-21-12-19;/h3-4,6,10,14,21H,1-2,5,7-9,11-12H2,(H2,20,24)(H,22,25)(H,23,26);1H/t14-,19+;/m0./s1. The van der Waals surface area contributed by atoms with Crippen LogP contribution in [0.15, 0.2) is 24.3 Å². The summed E-state index contributed by atoms with van der Waals surface area (Å²) in [4.78, 5) is 35.9. The summed E-state index contributed by atoms with van der Waals surface area (Å²) in [6.45, 7) is 1.81. The number of benzene rings is 1. The predicted molar refractivity (Wildman–Crippen MR) is 106 cm³/mol. The van der Waals surface area contributed by atoms with Crippen molar-refractivity contribution in [1.82, 2.24) is 10.6 Å². The molecule has 0 aromatic heterocycles. The Morgan fingerprint density at radius 3 is 2.85 bits per heavy atom. The van der Waals surface area contributed by atoms with Crippen molar-refractivity contribution in [3.8, 4) is 0 Å². The van der Waals surface area contributed by atoms with Gasteiger partial charge in [0.05, 0.1) is 5.41 Å². The fourth-order valence-electron chi connectivity index (χ4n) is 4.09. The van der Waals surface area contributed by atoms with Crippen LogP contribution in [0, 0.1) is 11.3 Å². The van der Waals surface area contributed by atoms with Gasteiger partial charge >= 0.3 is 0 Å². The monoisotopic (exact) mass is 394 g/mol. The number of hydrogen-bond donors (Lipinski definition) is 4. The molecule has 1 aromatic rings. The number of anilines is 1. The van der Waals surface area contributed by atoms with Crippen molar-refractivity contribution >= 4 is 35.8 Å². The highest BCUT2D eigenvalue weighted by molar-refractivity contribution is 5.99. The van der Waals surface area contributed by atoms with Gasteiger partial charge in [-0.2, -0.15) is 0 Å². The second-order valence-electron chi connectivity index (χ2n) is 7.24. The number of fused-ring (bicyclic) bond motifs is 1. The lowest BCUT2D eigenvalue weighted by molar-refractivity contribution is -0.128. The average Bonchev–Trinajstić information content (AvgIpc) is 3.07. The maximum Gasteiger partial charge on any atom is 0.251 e. The molecule has 148 valence electrons. The lowest BCUT2D eigenvalue weighted by atomic mass is 9.67. The van der Waals surface area contributed by atoms with Crippen LogP contribution in [0.5, 0.6) is 0 Å². The van der Waals surface area contributed by atoms with Gasteiger partial charge in [0, 0.05) is 30.8 Å². The molecule has 8 heteroatoms. The van der Waals surface area contributed by atoms with E-state index >= 15 is 0 Å². The number of rotatable bonds is 6. The van der Waals surface area contributed by atoms with Crippen molar-refractivity contribution in [3.63, 3.8) is 0 Å². The number of primary amides is 1. The third-order valence-electron chi connectivity index (χ3n) is 5.53. The Kier molecular flexibility index (Phi) is 7.21. The predicted octanol–water partition coefficient (Wildman–Crippen LogP) is 1.43. The van der Waals surface area contributed by atoms with E-state index in [0.29, 0.717) is 17.2 Å². The Morgan fingerprint density at radius 2 is 2.07 bits per heavy atom. The highest BCUT2D eigenvalue weighted by atomic mass is 35.5. The summed E-state index contributed by atoms with van der Waals surface area (Å²) in [5.74, 6) is -0.327. The van der Waals surface area contributed by atoms with E-state index in [4.69, 9.17) is 5.73 Å². The normalized spacial score (nSPS) is 23.6. The fourth-order valence-corrected chi connectivity index (χ4v) is 4.09. The first-order chi connectivity index (χ1) is 12.5. The molecular formula is C19H27ClN4O3. The van der Waals surface area contributed by atoms with Crippen molar-refractivity contribution in [2.45, 2.75) is 32.1 Å². The molecule has 1 aliphatic carbocycles. The molecule has 0 bridgehead atoms. The van der Waals surface area contributed by atoms with E-state index in [1.165, 1.54) is 6.42 Å². The molecule has 1 heterocycles. The summed E-state index contributed by atoms with van der Waals surface area (Å²) in [5.41, 5.74) is 5.78. The minimum absolute atomic E-state index is 0. The number of carbonyl (C=O) groups excluding carboxylic acids is 3. The van der Waals surface area contributed by atoms with Crippen molar-refractivity contribution in [2.24, 2.45) is 17.1 Å². The van der Waals surface area contributed by atoms with Gasteiger partial charge < -0.3 is 21.7 Å². The number of amides is 3. The van der Waals surface area contributed by atoms with Gasteiger partial charge in [0.25, 0.3) is 5.91 Å². The first kappa shape index (κ1) is 21.2. The molecule has 1 saturated heterocycles. The molecule has 27 heavy (non-hydrogen) atoms. The summed E-state index contributed by atoms with van der Waals surface area (Å²) in [5, 5.41) is 9.03. The van der Waals surface area contributed by atoms with Crippen LogP contribution < -0.4 is 21.7 Å². The van der Waals surface area contributed by atoms with Crippen LogP contribution in [0.1, 0.15) is 42.5 Å². The maximum absolute atomic E-state index is 13.0. The largest absolute Gasteiger partial charge is 0.370 e. The van der Waals surface area contributed by atoms with Crippen LogP contribution in [0.25, 0.3) is 0 Å². The van der Waals surface area contributed by atoms with Crippen molar-refractivity contribution < 1.29 is 14.4 Å². The van der Waals surface area contributed by atoms with Gasteiger partial charge in [0.15, 0.2) is 0 Å². The highest BCUT2D eigenvalue weighted by Crippen LogP contribution is 2.44. The molecule has 1 aliphatic heterocycles. The van der Waals surface area contributed by atoms with Crippen LogP contribution in [-0.4, -0.2) is 37.4 Å². The van der Waals surface area contributed by atoms with Crippen LogP contribution in [0.4, 0.5) is 5.69 Å². The molecule has 5 N–H and O–H groups in total. The van der Waals surface area contributed by atoms with Gasteiger partial charge in [-0.15, -0.1) is 12.4 Å².